The predicted octanol–water partition coefficient (Wildman–Crippen LogP) is 2.61. The van der Waals surface area contributed by atoms with Gasteiger partial charge in [-0.1, -0.05) is 6.42 Å². The number of rotatable bonds is 4. The minimum Gasteiger partial charge on any atom is -0.465 e. The molecule has 0 bridgehead atoms. The number of carbonyl (C=O) groups excluding carboxylic acids is 1. The van der Waals surface area contributed by atoms with Crippen molar-refractivity contribution in [3.8, 4) is 6.07 Å². The van der Waals surface area contributed by atoms with E-state index in [1.807, 2.05) is 11.0 Å². The van der Waals surface area contributed by atoms with Gasteiger partial charge in [0.1, 0.15) is 11.9 Å². The van der Waals surface area contributed by atoms with Crippen LogP contribution in [0, 0.1) is 17.1 Å². The fourth-order valence-corrected chi connectivity index (χ4v) is 2.73. The fourth-order valence-electron chi connectivity index (χ4n) is 2.73. The van der Waals surface area contributed by atoms with E-state index in [0.717, 1.165) is 25.8 Å². The summed E-state index contributed by atoms with van der Waals surface area (Å²) in [7, 11) is 0. The summed E-state index contributed by atoms with van der Waals surface area (Å²) in [4.78, 5) is 14.0. The van der Waals surface area contributed by atoms with Crippen molar-refractivity contribution in [2.45, 2.75) is 38.8 Å². The second kappa shape index (κ2) is 7.19. The van der Waals surface area contributed by atoms with E-state index < -0.39 is 5.82 Å². The highest BCUT2D eigenvalue weighted by Gasteiger charge is 2.29. The second-order valence-corrected chi connectivity index (χ2v) is 5.19. The number of likely N-dealkylation sites (tertiary alicyclic amines) is 1. The van der Waals surface area contributed by atoms with Gasteiger partial charge in [-0.25, -0.2) is 4.39 Å². The van der Waals surface area contributed by atoms with Crippen molar-refractivity contribution in [2.24, 2.45) is 0 Å². The lowest BCUT2D eigenvalue weighted by molar-refractivity contribution is -0.151. The van der Waals surface area contributed by atoms with Crippen molar-refractivity contribution in [1.29, 1.82) is 5.26 Å². The molecule has 0 aromatic heterocycles. The minimum absolute atomic E-state index is 0.214. The summed E-state index contributed by atoms with van der Waals surface area (Å²) in [5.41, 5.74) is 1.01. The number of carbonyl (C=O) groups is 1. The van der Waals surface area contributed by atoms with E-state index in [-0.39, 0.29) is 12.0 Å². The third-order valence-corrected chi connectivity index (χ3v) is 3.64. The third kappa shape index (κ3) is 4.02. The van der Waals surface area contributed by atoms with Gasteiger partial charge in [-0.2, -0.15) is 5.26 Å². The lowest BCUT2D eigenvalue weighted by atomic mass is 10.0. The predicted molar refractivity (Wildman–Crippen MR) is 75.8 cm³/mol. The molecule has 2 rings (SSSR count). The van der Waals surface area contributed by atoms with Gasteiger partial charge in [0.15, 0.2) is 0 Å². The van der Waals surface area contributed by atoms with Crippen molar-refractivity contribution in [3.63, 3.8) is 0 Å². The molecule has 0 spiro atoms. The zero-order valence-electron chi connectivity index (χ0n) is 12.1. The van der Waals surface area contributed by atoms with Crippen LogP contribution in [0.5, 0.6) is 0 Å². The largest absolute Gasteiger partial charge is 0.465 e. The van der Waals surface area contributed by atoms with Crippen LogP contribution in [0.1, 0.15) is 37.3 Å². The first-order chi connectivity index (χ1) is 10.1. The number of ether oxygens (including phenoxy) is 1. The van der Waals surface area contributed by atoms with Crippen LogP contribution in [0.15, 0.2) is 18.2 Å². The Labute approximate surface area is 124 Å². The van der Waals surface area contributed by atoms with E-state index in [1.165, 1.54) is 12.1 Å². The summed E-state index contributed by atoms with van der Waals surface area (Å²) >= 11 is 0. The molecule has 4 nitrogen and oxygen atoms in total. The van der Waals surface area contributed by atoms with Gasteiger partial charge in [-0.05, 0) is 50.1 Å². The topological polar surface area (TPSA) is 53.3 Å². The molecule has 1 fully saturated rings. The maximum Gasteiger partial charge on any atom is 0.323 e. The van der Waals surface area contributed by atoms with Gasteiger partial charge in [0.25, 0.3) is 0 Å². The number of nitrogens with zero attached hydrogens (tertiary/aromatic N) is 2. The molecular weight excluding hydrogens is 271 g/mol. The van der Waals surface area contributed by atoms with Crippen molar-refractivity contribution in [2.75, 3.05) is 13.2 Å². The van der Waals surface area contributed by atoms with E-state index >= 15 is 0 Å². The minimum atomic E-state index is -0.422. The highest BCUT2D eigenvalue weighted by Crippen LogP contribution is 2.21. The summed E-state index contributed by atoms with van der Waals surface area (Å²) < 4.78 is 18.6. The molecule has 5 heteroatoms. The molecule has 1 aromatic rings. The first kappa shape index (κ1) is 15.5. The molecule has 21 heavy (non-hydrogen) atoms. The Balaban J connectivity index is 2.14. The molecule has 1 unspecified atom stereocenters. The number of benzene rings is 1. The molecule has 1 saturated heterocycles. The number of hydrogen-bond donors (Lipinski definition) is 0. The third-order valence-electron chi connectivity index (χ3n) is 3.64. The summed E-state index contributed by atoms with van der Waals surface area (Å²) in [6.07, 6.45) is 2.77. The van der Waals surface area contributed by atoms with E-state index in [9.17, 15) is 9.18 Å². The monoisotopic (exact) mass is 290 g/mol. The van der Waals surface area contributed by atoms with Crippen molar-refractivity contribution in [3.05, 3.63) is 35.1 Å². The molecule has 1 atom stereocenters. The first-order valence-electron chi connectivity index (χ1n) is 7.24. The van der Waals surface area contributed by atoms with Crippen LogP contribution in [-0.4, -0.2) is 30.1 Å². The van der Waals surface area contributed by atoms with Crippen LogP contribution >= 0.6 is 0 Å². The molecule has 0 radical (unpaired) electrons. The van der Waals surface area contributed by atoms with Crippen LogP contribution in [0.3, 0.4) is 0 Å². The van der Waals surface area contributed by atoms with Crippen LogP contribution in [0.25, 0.3) is 0 Å². The van der Waals surface area contributed by atoms with E-state index in [2.05, 4.69) is 0 Å². The highest BCUT2D eigenvalue weighted by atomic mass is 19.1. The zero-order valence-corrected chi connectivity index (χ0v) is 12.1. The summed E-state index contributed by atoms with van der Waals surface area (Å²) in [5.74, 6) is -0.636. The van der Waals surface area contributed by atoms with Gasteiger partial charge in [0.05, 0.1) is 18.2 Å². The van der Waals surface area contributed by atoms with Gasteiger partial charge in [-0.3, -0.25) is 9.69 Å². The lowest BCUT2D eigenvalue weighted by Crippen LogP contribution is -2.44. The first-order valence-corrected chi connectivity index (χ1v) is 7.24. The summed E-state index contributed by atoms with van der Waals surface area (Å²) in [5, 5.41) is 8.90. The number of piperidine rings is 1. The fraction of sp³-hybridized carbons (Fsp3) is 0.500. The summed E-state index contributed by atoms with van der Waals surface area (Å²) in [6, 6.07) is 5.97. The normalized spacial score (nSPS) is 19.0. The van der Waals surface area contributed by atoms with E-state index in [1.54, 1.807) is 13.0 Å². The highest BCUT2D eigenvalue weighted by molar-refractivity contribution is 5.75. The molecule has 0 N–H and O–H groups in total. The maximum absolute atomic E-state index is 13.5. The number of esters is 1. The maximum atomic E-state index is 13.5. The number of hydrogen-bond acceptors (Lipinski definition) is 4. The molecule has 1 aliphatic heterocycles. The smallest absolute Gasteiger partial charge is 0.323 e. The average Bonchev–Trinajstić information content (AvgIpc) is 2.47. The molecule has 112 valence electrons. The Kier molecular flexibility index (Phi) is 5.29. The average molecular weight is 290 g/mol. The van der Waals surface area contributed by atoms with Gasteiger partial charge >= 0.3 is 5.97 Å². The SMILES string of the molecule is CCOC(=O)C1CCCCN1Cc1cc(F)cc(C#N)c1. The second-order valence-electron chi connectivity index (χ2n) is 5.19. The Hall–Kier alpha value is -1.93. The standard InChI is InChI=1S/C16H19FN2O2/c1-2-21-16(20)15-5-3-4-6-19(15)11-13-7-12(10-18)8-14(17)9-13/h7-9,15H,2-6,11H2,1H3. The number of halogens is 1. The molecule has 1 aliphatic rings. The number of nitriles is 1. The molecule has 0 amide bonds. The van der Waals surface area contributed by atoms with Gasteiger partial charge in [0, 0.05) is 6.54 Å². The van der Waals surface area contributed by atoms with Crippen molar-refractivity contribution < 1.29 is 13.9 Å². The van der Waals surface area contributed by atoms with Gasteiger partial charge in [0.2, 0.25) is 0 Å². The molecule has 1 heterocycles. The van der Waals surface area contributed by atoms with Crippen LogP contribution in [-0.2, 0) is 16.1 Å². The van der Waals surface area contributed by atoms with Crippen molar-refractivity contribution >= 4 is 5.97 Å². The Morgan fingerprint density at radius 3 is 3.00 bits per heavy atom. The summed E-state index contributed by atoms with van der Waals surface area (Å²) in [6.45, 7) is 3.39. The van der Waals surface area contributed by atoms with E-state index in [4.69, 9.17) is 10.00 Å². The molecule has 0 saturated carbocycles. The zero-order chi connectivity index (χ0) is 15.2. The van der Waals surface area contributed by atoms with Crippen LogP contribution < -0.4 is 0 Å². The molecular formula is C16H19FN2O2. The Morgan fingerprint density at radius 1 is 1.48 bits per heavy atom. The Bertz CT molecular complexity index is 554. The molecule has 1 aromatic carbocycles. The molecule has 0 aliphatic carbocycles. The van der Waals surface area contributed by atoms with E-state index in [0.29, 0.717) is 24.3 Å². The lowest BCUT2D eigenvalue weighted by Gasteiger charge is -2.34. The Morgan fingerprint density at radius 2 is 2.29 bits per heavy atom. The van der Waals surface area contributed by atoms with Gasteiger partial charge in [-0.15, -0.1) is 0 Å². The van der Waals surface area contributed by atoms with Crippen LogP contribution in [0.4, 0.5) is 4.39 Å². The van der Waals surface area contributed by atoms with Crippen LogP contribution in [0.2, 0.25) is 0 Å². The van der Waals surface area contributed by atoms with Crippen molar-refractivity contribution in [1.82, 2.24) is 4.90 Å². The van der Waals surface area contributed by atoms with Gasteiger partial charge < -0.3 is 4.74 Å². The quantitative estimate of drug-likeness (QED) is 0.800.